The summed E-state index contributed by atoms with van der Waals surface area (Å²) >= 11 is 1.79. The van der Waals surface area contributed by atoms with Gasteiger partial charge in [-0.15, -0.1) is 11.3 Å². The molecule has 1 aromatic carbocycles. The third-order valence-corrected chi connectivity index (χ3v) is 4.46. The zero-order valence-corrected chi connectivity index (χ0v) is 11.0. The molecule has 1 fully saturated rings. The van der Waals surface area contributed by atoms with Crippen LogP contribution in [0, 0.1) is 13.8 Å². The van der Waals surface area contributed by atoms with Gasteiger partial charge in [-0.1, -0.05) is 12.1 Å². The molecule has 1 aliphatic rings. The van der Waals surface area contributed by atoms with Crippen LogP contribution in [0.15, 0.2) is 23.6 Å². The summed E-state index contributed by atoms with van der Waals surface area (Å²) in [5.41, 5.74) is 5.04. The average Bonchev–Trinajstić information content (AvgIpc) is 2.69. The van der Waals surface area contributed by atoms with Crippen molar-refractivity contribution in [1.29, 1.82) is 0 Å². The highest BCUT2D eigenvalue weighted by Gasteiger charge is 2.22. The Bertz CT molecular complexity index is 541. The summed E-state index contributed by atoms with van der Waals surface area (Å²) in [4.78, 5) is 4.75. The lowest BCUT2D eigenvalue weighted by Crippen LogP contribution is -2.39. The Hall–Kier alpha value is -1.19. The first-order chi connectivity index (χ1) is 8.24. The molecule has 0 saturated carbocycles. The maximum Gasteiger partial charge on any atom is 0.0989 e. The lowest BCUT2D eigenvalue weighted by Gasteiger charge is -2.24. The summed E-state index contributed by atoms with van der Waals surface area (Å²) in [6, 6.07) is 6.57. The minimum absolute atomic E-state index is 0.639. The fourth-order valence-corrected chi connectivity index (χ4v) is 2.90. The van der Waals surface area contributed by atoms with Gasteiger partial charge in [0.05, 0.1) is 10.7 Å². The Morgan fingerprint density at radius 1 is 1.24 bits per heavy atom. The molecule has 3 heteroatoms. The van der Waals surface area contributed by atoms with Crippen LogP contribution in [0.2, 0.25) is 0 Å². The van der Waals surface area contributed by atoms with Crippen molar-refractivity contribution in [2.24, 2.45) is 0 Å². The molecule has 1 saturated heterocycles. The predicted octanol–water partition coefficient (Wildman–Crippen LogP) is 3.11. The molecule has 0 radical (unpaired) electrons. The quantitative estimate of drug-likeness (QED) is 0.878. The SMILES string of the molecule is Cc1ccc(-c2csc(C3CNC3)n2)cc1C. The summed E-state index contributed by atoms with van der Waals surface area (Å²) in [7, 11) is 0. The van der Waals surface area contributed by atoms with Gasteiger partial charge >= 0.3 is 0 Å². The van der Waals surface area contributed by atoms with Gasteiger partial charge in [0, 0.05) is 30.0 Å². The monoisotopic (exact) mass is 244 g/mol. The van der Waals surface area contributed by atoms with Gasteiger partial charge in [0.2, 0.25) is 0 Å². The first-order valence-corrected chi connectivity index (χ1v) is 6.86. The van der Waals surface area contributed by atoms with Crippen molar-refractivity contribution < 1.29 is 0 Å². The molecule has 2 heterocycles. The molecule has 88 valence electrons. The number of rotatable bonds is 2. The molecule has 0 unspecified atom stereocenters. The van der Waals surface area contributed by atoms with Gasteiger partial charge in [0.15, 0.2) is 0 Å². The first-order valence-electron chi connectivity index (χ1n) is 5.98. The average molecular weight is 244 g/mol. The predicted molar refractivity (Wildman–Crippen MR) is 72.6 cm³/mol. The van der Waals surface area contributed by atoms with Gasteiger partial charge in [-0.05, 0) is 31.0 Å². The van der Waals surface area contributed by atoms with Gasteiger partial charge in [-0.3, -0.25) is 0 Å². The van der Waals surface area contributed by atoms with E-state index in [0.29, 0.717) is 5.92 Å². The number of aryl methyl sites for hydroxylation is 2. The van der Waals surface area contributed by atoms with Crippen molar-refractivity contribution in [2.75, 3.05) is 13.1 Å². The zero-order chi connectivity index (χ0) is 11.8. The van der Waals surface area contributed by atoms with Crippen molar-refractivity contribution in [2.45, 2.75) is 19.8 Å². The molecule has 2 nitrogen and oxygen atoms in total. The molecule has 1 aliphatic heterocycles. The number of thiazole rings is 1. The Morgan fingerprint density at radius 2 is 2.06 bits per heavy atom. The van der Waals surface area contributed by atoms with Crippen LogP contribution in [0.25, 0.3) is 11.3 Å². The third kappa shape index (κ3) is 2.01. The van der Waals surface area contributed by atoms with Crippen molar-refractivity contribution in [3.63, 3.8) is 0 Å². The van der Waals surface area contributed by atoms with E-state index in [1.165, 1.54) is 21.7 Å². The number of hydrogen-bond acceptors (Lipinski definition) is 3. The molecular weight excluding hydrogens is 228 g/mol. The number of benzene rings is 1. The van der Waals surface area contributed by atoms with E-state index in [1.54, 1.807) is 11.3 Å². The van der Waals surface area contributed by atoms with Gasteiger partial charge in [-0.2, -0.15) is 0 Å². The summed E-state index contributed by atoms with van der Waals surface area (Å²) in [5, 5.41) is 6.75. The van der Waals surface area contributed by atoms with Gasteiger partial charge in [-0.25, -0.2) is 4.98 Å². The maximum atomic E-state index is 4.75. The molecule has 0 amide bonds. The highest BCUT2D eigenvalue weighted by Crippen LogP contribution is 2.29. The Labute approximate surface area is 106 Å². The van der Waals surface area contributed by atoms with E-state index in [1.807, 2.05) is 0 Å². The summed E-state index contributed by atoms with van der Waals surface area (Å²) in [6.07, 6.45) is 0. The van der Waals surface area contributed by atoms with E-state index in [4.69, 9.17) is 4.98 Å². The van der Waals surface area contributed by atoms with Crippen molar-refractivity contribution in [1.82, 2.24) is 10.3 Å². The van der Waals surface area contributed by atoms with E-state index in [0.717, 1.165) is 18.8 Å². The summed E-state index contributed by atoms with van der Waals surface area (Å²) < 4.78 is 0. The lowest BCUT2D eigenvalue weighted by molar-refractivity contribution is 0.447. The van der Waals surface area contributed by atoms with E-state index >= 15 is 0 Å². The van der Waals surface area contributed by atoms with Gasteiger partial charge in [0.1, 0.15) is 0 Å². The topological polar surface area (TPSA) is 24.9 Å². The van der Waals surface area contributed by atoms with E-state index in [2.05, 4.69) is 42.7 Å². The fraction of sp³-hybridized carbons (Fsp3) is 0.357. The smallest absolute Gasteiger partial charge is 0.0989 e. The molecule has 0 spiro atoms. The van der Waals surface area contributed by atoms with Crippen LogP contribution < -0.4 is 5.32 Å². The second-order valence-corrected chi connectivity index (χ2v) is 5.61. The Kier molecular flexibility index (Phi) is 2.73. The number of nitrogens with zero attached hydrogens (tertiary/aromatic N) is 1. The van der Waals surface area contributed by atoms with E-state index < -0.39 is 0 Å². The van der Waals surface area contributed by atoms with Crippen LogP contribution in [0.1, 0.15) is 22.1 Å². The Balaban J connectivity index is 1.92. The molecule has 1 aromatic heterocycles. The molecule has 2 aromatic rings. The van der Waals surface area contributed by atoms with Gasteiger partial charge in [0.25, 0.3) is 0 Å². The summed E-state index contributed by atoms with van der Waals surface area (Å²) in [6.45, 7) is 6.47. The minimum atomic E-state index is 0.639. The van der Waals surface area contributed by atoms with E-state index in [9.17, 15) is 0 Å². The molecular formula is C14H16N2S. The van der Waals surface area contributed by atoms with Crippen molar-refractivity contribution in [3.8, 4) is 11.3 Å². The second kappa shape index (κ2) is 4.24. The largest absolute Gasteiger partial charge is 0.315 e. The number of nitrogens with one attached hydrogen (secondary N) is 1. The highest BCUT2D eigenvalue weighted by molar-refractivity contribution is 7.10. The molecule has 0 bridgehead atoms. The maximum absolute atomic E-state index is 4.75. The second-order valence-electron chi connectivity index (χ2n) is 4.73. The van der Waals surface area contributed by atoms with Crippen LogP contribution >= 0.6 is 11.3 Å². The van der Waals surface area contributed by atoms with Crippen LogP contribution in [0.4, 0.5) is 0 Å². The zero-order valence-electron chi connectivity index (χ0n) is 10.2. The number of aromatic nitrogens is 1. The molecule has 17 heavy (non-hydrogen) atoms. The normalized spacial score (nSPS) is 15.9. The van der Waals surface area contributed by atoms with Crippen LogP contribution in [-0.4, -0.2) is 18.1 Å². The molecule has 3 rings (SSSR count). The first kappa shape index (κ1) is 10.9. The van der Waals surface area contributed by atoms with Crippen LogP contribution in [0.5, 0.6) is 0 Å². The Morgan fingerprint density at radius 3 is 2.71 bits per heavy atom. The fourth-order valence-electron chi connectivity index (χ4n) is 1.97. The molecule has 1 N–H and O–H groups in total. The number of hydrogen-bond donors (Lipinski definition) is 1. The standard InChI is InChI=1S/C14H16N2S/c1-9-3-4-11(5-10(9)2)13-8-17-14(16-13)12-6-15-7-12/h3-5,8,12,15H,6-7H2,1-2H3. The van der Waals surface area contributed by atoms with Crippen LogP contribution in [-0.2, 0) is 0 Å². The van der Waals surface area contributed by atoms with Crippen molar-refractivity contribution in [3.05, 3.63) is 39.7 Å². The highest BCUT2D eigenvalue weighted by atomic mass is 32.1. The van der Waals surface area contributed by atoms with Crippen molar-refractivity contribution >= 4 is 11.3 Å². The third-order valence-electron chi connectivity index (χ3n) is 3.46. The van der Waals surface area contributed by atoms with E-state index in [-0.39, 0.29) is 0 Å². The van der Waals surface area contributed by atoms with Crippen LogP contribution in [0.3, 0.4) is 0 Å². The summed E-state index contributed by atoms with van der Waals surface area (Å²) in [5.74, 6) is 0.639. The molecule has 0 atom stereocenters. The van der Waals surface area contributed by atoms with Gasteiger partial charge < -0.3 is 5.32 Å². The lowest BCUT2D eigenvalue weighted by atomic mass is 10.0. The minimum Gasteiger partial charge on any atom is -0.315 e. The molecule has 0 aliphatic carbocycles.